The number of aryl methyl sites for hydroxylation is 1. The van der Waals surface area contributed by atoms with Gasteiger partial charge in [0.1, 0.15) is 36.6 Å². The van der Waals surface area contributed by atoms with Gasteiger partial charge in [-0.2, -0.15) is 5.26 Å². The van der Waals surface area contributed by atoms with E-state index in [0.717, 1.165) is 54.9 Å². The molecule has 0 bridgehead atoms. The van der Waals surface area contributed by atoms with Crippen molar-refractivity contribution < 1.29 is 28.1 Å². The van der Waals surface area contributed by atoms with Crippen LogP contribution in [0.5, 0.6) is 11.5 Å². The van der Waals surface area contributed by atoms with E-state index in [4.69, 9.17) is 18.9 Å². The number of piperidine rings is 1. The van der Waals surface area contributed by atoms with Crippen LogP contribution in [0.1, 0.15) is 29.5 Å². The van der Waals surface area contributed by atoms with Gasteiger partial charge in [-0.3, -0.25) is 9.78 Å². The number of ether oxygens (including phenoxy) is 4. The maximum atomic E-state index is 13.6. The van der Waals surface area contributed by atoms with Gasteiger partial charge in [0.25, 0.3) is 0 Å². The summed E-state index contributed by atoms with van der Waals surface area (Å²) in [6.45, 7) is 6.09. The van der Waals surface area contributed by atoms with Crippen LogP contribution in [0.15, 0.2) is 72.4 Å². The number of hydrogen-bond acceptors (Lipinski definition) is 9. The summed E-state index contributed by atoms with van der Waals surface area (Å²) in [6.07, 6.45) is 4.79. The topological polar surface area (TPSA) is 118 Å². The molecule has 1 aliphatic rings. The molecule has 11 heteroatoms. The van der Waals surface area contributed by atoms with Gasteiger partial charge in [-0.05, 0) is 67.3 Å². The van der Waals surface area contributed by atoms with Crippen LogP contribution in [-0.4, -0.2) is 69.5 Å². The molecule has 4 aromatic rings. The van der Waals surface area contributed by atoms with Crippen LogP contribution in [0.3, 0.4) is 0 Å². The molecule has 48 heavy (non-hydrogen) atoms. The number of fused-ring (bicyclic) bond motifs is 1. The molecule has 3 aromatic carbocycles. The van der Waals surface area contributed by atoms with Gasteiger partial charge in [-0.1, -0.05) is 17.7 Å². The summed E-state index contributed by atoms with van der Waals surface area (Å²) in [5, 5.41) is 17.0. The van der Waals surface area contributed by atoms with E-state index < -0.39 is 0 Å². The third-order valence-corrected chi connectivity index (χ3v) is 8.07. The van der Waals surface area contributed by atoms with E-state index in [2.05, 4.69) is 26.6 Å². The highest BCUT2D eigenvalue weighted by molar-refractivity contribution is 6.05. The quantitative estimate of drug-likeness (QED) is 0.116. The lowest BCUT2D eigenvalue weighted by Gasteiger charge is -2.27. The molecule has 0 radical (unpaired) electrons. The fraction of sp³-hybridized carbons (Fsp3) is 0.324. The Kier molecular flexibility index (Phi) is 11.9. The molecule has 0 saturated carbocycles. The monoisotopic (exact) mass is 653 g/mol. The Hall–Kier alpha value is -5.02. The molecule has 1 fully saturated rings. The third kappa shape index (κ3) is 9.07. The molecule has 1 amide bonds. The number of halogens is 1. The number of aromatic nitrogens is 1. The Morgan fingerprint density at radius 2 is 1.83 bits per heavy atom. The van der Waals surface area contributed by atoms with Gasteiger partial charge in [0, 0.05) is 63.3 Å². The van der Waals surface area contributed by atoms with Crippen molar-refractivity contribution in [3.8, 4) is 17.6 Å². The van der Waals surface area contributed by atoms with E-state index in [9.17, 15) is 14.4 Å². The van der Waals surface area contributed by atoms with Crippen molar-refractivity contribution in [1.29, 1.82) is 5.26 Å². The van der Waals surface area contributed by atoms with Crippen molar-refractivity contribution in [3.05, 3.63) is 95.0 Å². The molecule has 5 rings (SSSR count). The first-order chi connectivity index (χ1) is 23.4. The number of rotatable bonds is 14. The van der Waals surface area contributed by atoms with Crippen molar-refractivity contribution in [2.24, 2.45) is 0 Å². The normalized spacial score (nSPS) is 13.2. The molecule has 2 heterocycles. The molecule has 2 N–H and O–H groups in total. The number of methoxy groups -OCH3 is 2. The van der Waals surface area contributed by atoms with Crippen molar-refractivity contribution in [2.45, 2.75) is 26.4 Å². The minimum atomic E-state index is -0.312. The molecule has 1 aromatic heterocycles. The summed E-state index contributed by atoms with van der Waals surface area (Å²) in [5.41, 5.74) is 5.29. The Balaban J connectivity index is 1.39. The van der Waals surface area contributed by atoms with Crippen LogP contribution in [0.2, 0.25) is 0 Å². The zero-order valence-corrected chi connectivity index (χ0v) is 27.5. The predicted octanol–water partition coefficient (Wildman–Crippen LogP) is 6.51. The number of benzene rings is 3. The molecule has 0 atom stereocenters. The first kappa shape index (κ1) is 34.3. The summed E-state index contributed by atoms with van der Waals surface area (Å²) < 4.78 is 35.9. The Morgan fingerprint density at radius 1 is 1.02 bits per heavy atom. The molecular weight excluding hydrogens is 613 g/mol. The minimum Gasteiger partial charge on any atom is -0.489 e. The van der Waals surface area contributed by atoms with Crippen molar-refractivity contribution in [1.82, 2.24) is 9.88 Å². The number of amides is 1. The first-order valence-corrected chi connectivity index (χ1v) is 15.8. The number of nitriles is 1. The summed E-state index contributed by atoms with van der Waals surface area (Å²) in [4.78, 5) is 20.1. The van der Waals surface area contributed by atoms with Crippen LogP contribution in [0.25, 0.3) is 10.9 Å². The molecule has 1 saturated heterocycles. The number of likely N-dealkylation sites (tertiary alicyclic amines) is 1. The highest BCUT2D eigenvalue weighted by Gasteiger charge is 2.18. The first-order valence-electron chi connectivity index (χ1n) is 15.8. The zero-order valence-electron chi connectivity index (χ0n) is 27.5. The van der Waals surface area contributed by atoms with Crippen molar-refractivity contribution >= 4 is 33.9 Å². The Bertz CT molecular complexity index is 1810. The third-order valence-electron chi connectivity index (χ3n) is 8.07. The minimum absolute atomic E-state index is 0.228. The van der Waals surface area contributed by atoms with Gasteiger partial charge < -0.3 is 34.5 Å². The van der Waals surface area contributed by atoms with Gasteiger partial charge in [0.2, 0.25) is 5.91 Å². The van der Waals surface area contributed by atoms with Gasteiger partial charge in [-0.25, -0.2) is 4.39 Å². The van der Waals surface area contributed by atoms with Crippen molar-refractivity contribution in [2.75, 3.05) is 64.3 Å². The summed E-state index contributed by atoms with van der Waals surface area (Å²) in [7, 11) is 3.29. The maximum absolute atomic E-state index is 13.6. The van der Waals surface area contributed by atoms with E-state index >= 15 is 0 Å². The van der Waals surface area contributed by atoms with E-state index in [1.165, 1.54) is 18.3 Å². The van der Waals surface area contributed by atoms with E-state index in [1.807, 2.05) is 31.2 Å². The second-order valence-electron chi connectivity index (χ2n) is 11.5. The largest absolute Gasteiger partial charge is 0.489 e. The lowest BCUT2D eigenvalue weighted by molar-refractivity contribution is -0.112. The average Bonchev–Trinajstić information content (AvgIpc) is 3.08. The predicted molar refractivity (Wildman–Crippen MR) is 183 cm³/mol. The highest BCUT2D eigenvalue weighted by atomic mass is 19.1. The molecule has 1 aliphatic heterocycles. The smallest absolute Gasteiger partial charge is 0.248 e. The number of anilines is 3. The Labute approximate surface area is 280 Å². The van der Waals surface area contributed by atoms with Gasteiger partial charge in [-0.15, -0.1) is 0 Å². The van der Waals surface area contributed by atoms with Crippen LogP contribution in [0.4, 0.5) is 21.5 Å². The maximum Gasteiger partial charge on any atom is 0.248 e. The van der Waals surface area contributed by atoms with E-state index in [1.54, 1.807) is 38.5 Å². The molecule has 0 spiro atoms. The van der Waals surface area contributed by atoms with Crippen LogP contribution in [-0.2, 0) is 20.9 Å². The summed E-state index contributed by atoms with van der Waals surface area (Å²) >= 11 is 0. The zero-order chi connectivity index (χ0) is 33.9. The number of carbonyl (C=O) groups is 1. The summed E-state index contributed by atoms with van der Waals surface area (Å²) in [6, 6.07) is 17.6. The average molecular weight is 654 g/mol. The van der Waals surface area contributed by atoms with Crippen LogP contribution in [0, 0.1) is 24.1 Å². The molecular formula is C37H40FN5O5. The fourth-order valence-corrected chi connectivity index (χ4v) is 5.50. The second kappa shape index (κ2) is 16.7. The van der Waals surface area contributed by atoms with Crippen LogP contribution >= 0.6 is 0 Å². The van der Waals surface area contributed by atoms with E-state index in [0.29, 0.717) is 52.6 Å². The second-order valence-corrected chi connectivity index (χ2v) is 11.5. The number of nitrogens with zero attached hydrogens (tertiary/aromatic N) is 3. The Morgan fingerprint density at radius 3 is 2.56 bits per heavy atom. The number of nitrogens with one attached hydrogen (secondary N) is 2. The number of hydrogen-bond donors (Lipinski definition) is 2. The summed E-state index contributed by atoms with van der Waals surface area (Å²) in [5.74, 6) is 0.532. The number of carbonyl (C=O) groups excluding carboxylic acids is 1. The lowest BCUT2D eigenvalue weighted by atomic mass is 10.0. The molecule has 250 valence electrons. The van der Waals surface area contributed by atoms with E-state index in [-0.39, 0.29) is 24.9 Å². The SMILES string of the molecule is COCCOc1cc2ncc(C#N)c(Nc3ccc(OCc4cccc(F)c4)c(C)c3)c2cc1NC(=O)C=C1CCN(CCOC)CC1. The fourth-order valence-electron chi connectivity index (χ4n) is 5.50. The van der Waals surface area contributed by atoms with Gasteiger partial charge in [0.05, 0.1) is 35.7 Å². The van der Waals surface area contributed by atoms with Crippen LogP contribution < -0.4 is 20.1 Å². The molecule has 10 nitrogen and oxygen atoms in total. The van der Waals surface area contributed by atoms with Crippen molar-refractivity contribution in [3.63, 3.8) is 0 Å². The molecule has 0 aliphatic carbocycles. The molecule has 0 unspecified atom stereocenters. The highest BCUT2D eigenvalue weighted by Crippen LogP contribution is 2.37. The standard InChI is InChI=1S/C37H40FN5O5/c1-25-17-30(7-8-34(25)48-24-27-5-4-6-29(38)18-27)41-37-28(22-39)23-40-32-21-35(47-16-15-46-3)33(20-31(32)37)42-36(44)19-26-9-11-43(12-10-26)13-14-45-2/h4-8,17-21,23H,9-16,24H2,1-3H3,(H,40,41)(H,42,44). The van der Waals surface area contributed by atoms with Gasteiger partial charge in [0.15, 0.2) is 0 Å². The van der Waals surface area contributed by atoms with Gasteiger partial charge >= 0.3 is 0 Å². The number of pyridine rings is 1. The lowest BCUT2D eigenvalue weighted by Crippen LogP contribution is -2.33.